The standard InChI is InChI=1S/C8H15NO2.ClH/c1-11-6-8(10)7-4-2-3-5-9-7;/h7,9H,2-6H2,1H3;1H. The number of hydrogen-bond acceptors (Lipinski definition) is 3. The monoisotopic (exact) mass is 193 g/mol. The molecular weight excluding hydrogens is 178 g/mol. The van der Waals surface area contributed by atoms with Crippen molar-refractivity contribution in [2.75, 3.05) is 20.3 Å². The van der Waals surface area contributed by atoms with Crippen LogP contribution in [-0.4, -0.2) is 32.1 Å². The van der Waals surface area contributed by atoms with Gasteiger partial charge in [0.25, 0.3) is 0 Å². The number of carbonyl (C=O) groups excluding carboxylic acids is 1. The van der Waals surface area contributed by atoms with E-state index in [1.807, 2.05) is 0 Å². The molecule has 0 aromatic rings. The lowest BCUT2D eigenvalue weighted by atomic mass is 10.0. The molecule has 0 bridgehead atoms. The van der Waals surface area contributed by atoms with Gasteiger partial charge in [-0.3, -0.25) is 4.79 Å². The molecule has 1 heterocycles. The Balaban J connectivity index is 0.00000121. The minimum atomic E-state index is 0. The van der Waals surface area contributed by atoms with Crippen LogP contribution in [0.1, 0.15) is 19.3 Å². The number of ketones is 1. The van der Waals surface area contributed by atoms with E-state index < -0.39 is 0 Å². The van der Waals surface area contributed by atoms with Crippen LogP contribution in [0.3, 0.4) is 0 Å². The number of piperidine rings is 1. The first kappa shape index (κ1) is 11.9. The summed E-state index contributed by atoms with van der Waals surface area (Å²) in [5.74, 6) is 0.187. The van der Waals surface area contributed by atoms with Crippen LogP contribution in [0.4, 0.5) is 0 Å². The Morgan fingerprint density at radius 3 is 2.83 bits per heavy atom. The molecular formula is C8H16ClNO2. The third-order valence-electron chi connectivity index (χ3n) is 1.99. The fraction of sp³-hybridized carbons (Fsp3) is 0.875. The lowest BCUT2D eigenvalue weighted by Gasteiger charge is -2.21. The molecule has 0 amide bonds. The minimum absolute atomic E-state index is 0. The normalized spacial score (nSPS) is 22.9. The summed E-state index contributed by atoms with van der Waals surface area (Å²) in [7, 11) is 1.56. The number of ether oxygens (including phenoxy) is 1. The number of halogens is 1. The van der Waals surface area contributed by atoms with Crippen molar-refractivity contribution in [1.82, 2.24) is 5.32 Å². The molecule has 1 aliphatic rings. The second-order valence-corrected chi connectivity index (χ2v) is 2.90. The van der Waals surface area contributed by atoms with Gasteiger partial charge in [0.1, 0.15) is 6.61 Å². The first-order valence-corrected chi connectivity index (χ1v) is 4.09. The second kappa shape index (κ2) is 6.40. The number of nitrogens with one attached hydrogen (secondary N) is 1. The molecule has 0 aliphatic carbocycles. The van der Waals surface area contributed by atoms with Crippen LogP contribution < -0.4 is 5.32 Å². The predicted octanol–water partition coefficient (Wildman–Crippen LogP) is 0.766. The summed E-state index contributed by atoms with van der Waals surface area (Å²) in [4.78, 5) is 11.2. The van der Waals surface area contributed by atoms with E-state index in [9.17, 15) is 4.79 Å². The molecule has 0 aromatic carbocycles. The highest BCUT2D eigenvalue weighted by molar-refractivity contribution is 5.85. The van der Waals surface area contributed by atoms with Crippen LogP contribution in [0.15, 0.2) is 0 Å². The zero-order valence-electron chi connectivity index (χ0n) is 7.34. The van der Waals surface area contributed by atoms with Crippen molar-refractivity contribution >= 4 is 18.2 Å². The maximum absolute atomic E-state index is 11.2. The smallest absolute Gasteiger partial charge is 0.175 e. The summed E-state index contributed by atoms with van der Waals surface area (Å²) < 4.78 is 4.77. The maximum Gasteiger partial charge on any atom is 0.175 e. The van der Waals surface area contributed by atoms with Crippen molar-refractivity contribution < 1.29 is 9.53 Å². The molecule has 1 atom stereocenters. The van der Waals surface area contributed by atoms with Crippen molar-refractivity contribution in [3.8, 4) is 0 Å². The van der Waals surface area contributed by atoms with Crippen LogP contribution in [0.5, 0.6) is 0 Å². The van der Waals surface area contributed by atoms with Gasteiger partial charge in [0.2, 0.25) is 0 Å². The van der Waals surface area contributed by atoms with Crippen molar-refractivity contribution in [3.63, 3.8) is 0 Å². The Morgan fingerprint density at radius 1 is 1.58 bits per heavy atom. The van der Waals surface area contributed by atoms with Gasteiger partial charge in [0, 0.05) is 7.11 Å². The molecule has 0 aromatic heterocycles. The van der Waals surface area contributed by atoms with E-state index in [1.54, 1.807) is 7.11 Å². The Kier molecular flexibility index (Phi) is 6.34. The van der Waals surface area contributed by atoms with Gasteiger partial charge in [0.05, 0.1) is 6.04 Å². The lowest BCUT2D eigenvalue weighted by molar-refractivity contribution is -0.125. The quantitative estimate of drug-likeness (QED) is 0.720. The zero-order valence-corrected chi connectivity index (χ0v) is 8.15. The largest absolute Gasteiger partial charge is 0.377 e. The Morgan fingerprint density at radius 2 is 2.33 bits per heavy atom. The first-order chi connectivity index (χ1) is 5.34. The topological polar surface area (TPSA) is 38.3 Å². The van der Waals surface area contributed by atoms with Crippen LogP contribution >= 0.6 is 12.4 Å². The Labute approximate surface area is 79.3 Å². The van der Waals surface area contributed by atoms with Gasteiger partial charge in [-0.15, -0.1) is 12.4 Å². The number of methoxy groups -OCH3 is 1. The number of Topliss-reactive ketones (excluding diaryl/α,β-unsaturated/α-hetero) is 1. The fourth-order valence-corrected chi connectivity index (χ4v) is 1.37. The molecule has 4 heteroatoms. The zero-order chi connectivity index (χ0) is 8.10. The highest BCUT2D eigenvalue weighted by Crippen LogP contribution is 2.07. The van der Waals surface area contributed by atoms with Crippen LogP contribution in [0.25, 0.3) is 0 Å². The summed E-state index contributed by atoms with van der Waals surface area (Å²) in [6, 6.07) is 0.0590. The van der Waals surface area contributed by atoms with Gasteiger partial charge >= 0.3 is 0 Å². The molecule has 1 fully saturated rings. The summed E-state index contributed by atoms with van der Waals surface area (Å²) >= 11 is 0. The molecule has 12 heavy (non-hydrogen) atoms. The SMILES string of the molecule is COCC(=O)C1CCCCN1.Cl. The van der Waals surface area contributed by atoms with Gasteiger partial charge in [-0.2, -0.15) is 0 Å². The molecule has 1 aliphatic heterocycles. The van der Waals surface area contributed by atoms with Crippen LogP contribution in [0.2, 0.25) is 0 Å². The van der Waals surface area contributed by atoms with E-state index in [1.165, 1.54) is 6.42 Å². The number of rotatable bonds is 3. The third-order valence-corrected chi connectivity index (χ3v) is 1.99. The number of carbonyl (C=O) groups is 1. The summed E-state index contributed by atoms with van der Waals surface area (Å²) in [5, 5.41) is 3.17. The summed E-state index contributed by atoms with van der Waals surface area (Å²) in [5.41, 5.74) is 0. The highest BCUT2D eigenvalue weighted by Gasteiger charge is 2.19. The van der Waals surface area contributed by atoms with E-state index in [0.717, 1.165) is 19.4 Å². The van der Waals surface area contributed by atoms with Crippen molar-refractivity contribution in [1.29, 1.82) is 0 Å². The van der Waals surface area contributed by atoms with E-state index in [-0.39, 0.29) is 30.8 Å². The average Bonchev–Trinajstić information content (AvgIpc) is 2.07. The molecule has 1 rings (SSSR count). The van der Waals surface area contributed by atoms with Gasteiger partial charge in [-0.25, -0.2) is 0 Å². The van der Waals surface area contributed by atoms with Crippen LogP contribution in [0, 0.1) is 0 Å². The van der Waals surface area contributed by atoms with E-state index >= 15 is 0 Å². The molecule has 3 nitrogen and oxygen atoms in total. The Bertz CT molecular complexity index is 135. The van der Waals surface area contributed by atoms with E-state index in [0.29, 0.717) is 0 Å². The van der Waals surface area contributed by atoms with Crippen molar-refractivity contribution in [2.45, 2.75) is 25.3 Å². The van der Waals surface area contributed by atoms with E-state index in [4.69, 9.17) is 4.74 Å². The minimum Gasteiger partial charge on any atom is -0.377 e. The van der Waals surface area contributed by atoms with Crippen LogP contribution in [-0.2, 0) is 9.53 Å². The van der Waals surface area contributed by atoms with Gasteiger partial charge in [-0.1, -0.05) is 6.42 Å². The summed E-state index contributed by atoms with van der Waals surface area (Å²) in [6.45, 7) is 1.22. The lowest BCUT2D eigenvalue weighted by Crippen LogP contribution is -2.41. The predicted molar refractivity (Wildman–Crippen MR) is 49.8 cm³/mol. The highest BCUT2D eigenvalue weighted by atomic mass is 35.5. The maximum atomic E-state index is 11.2. The molecule has 1 N–H and O–H groups in total. The average molecular weight is 194 g/mol. The molecule has 72 valence electrons. The van der Waals surface area contributed by atoms with Crippen molar-refractivity contribution in [3.05, 3.63) is 0 Å². The van der Waals surface area contributed by atoms with Gasteiger partial charge in [0.15, 0.2) is 5.78 Å². The van der Waals surface area contributed by atoms with E-state index in [2.05, 4.69) is 5.32 Å². The van der Waals surface area contributed by atoms with Gasteiger partial charge < -0.3 is 10.1 Å². The molecule has 0 radical (unpaired) electrons. The molecule has 0 saturated carbocycles. The second-order valence-electron chi connectivity index (χ2n) is 2.90. The number of hydrogen-bond donors (Lipinski definition) is 1. The van der Waals surface area contributed by atoms with Gasteiger partial charge in [-0.05, 0) is 19.4 Å². The third kappa shape index (κ3) is 3.52. The van der Waals surface area contributed by atoms with Crippen molar-refractivity contribution in [2.24, 2.45) is 0 Å². The molecule has 0 spiro atoms. The molecule has 1 unspecified atom stereocenters. The Hall–Kier alpha value is -0.120. The summed E-state index contributed by atoms with van der Waals surface area (Å²) in [6.07, 6.45) is 3.33. The molecule has 1 saturated heterocycles. The fourth-order valence-electron chi connectivity index (χ4n) is 1.37. The first-order valence-electron chi connectivity index (χ1n) is 4.09.